The van der Waals surface area contributed by atoms with Crippen LogP contribution in [-0.4, -0.2) is 37.4 Å². The maximum absolute atomic E-state index is 9.70. The van der Waals surface area contributed by atoms with Crippen LogP contribution in [0.4, 0.5) is 0 Å². The molecule has 1 aromatic carbocycles. The van der Waals surface area contributed by atoms with Crippen LogP contribution in [0.15, 0.2) is 35.7 Å². The molecule has 128 valence electrons. The molecule has 0 aliphatic carbocycles. The molecule has 2 N–H and O–H groups in total. The first-order valence-corrected chi connectivity index (χ1v) is 8.47. The third-order valence-electron chi connectivity index (χ3n) is 5.41. The molecule has 0 spiro atoms. The van der Waals surface area contributed by atoms with Gasteiger partial charge in [0.1, 0.15) is 6.07 Å². The number of aryl methyl sites for hydroxylation is 1. The second-order valence-corrected chi connectivity index (χ2v) is 6.65. The zero-order valence-corrected chi connectivity index (χ0v) is 14.6. The predicted molar refractivity (Wildman–Crippen MR) is 91.8 cm³/mol. The number of benzene rings is 1. The van der Waals surface area contributed by atoms with E-state index >= 15 is 0 Å². The highest BCUT2D eigenvalue weighted by Gasteiger charge is 2.54. The molecule has 3 atom stereocenters. The molecule has 0 aromatic heterocycles. The Labute approximate surface area is 143 Å². The minimum Gasteiger partial charge on any atom is -0.446 e. The Morgan fingerprint density at radius 3 is 2.71 bits per heavy atom. The van der Waals surface area contributed by atoms with Crippen LogP contribution in [0, 0.1) is 24.2 Å². The lowest BCUT2D eigenvalue weighted by Crippen LogP contribution is -2.58. The molecule has 2 heterocycles. The number of methoxy groups -OCH3 is 1. The minimum atomic E-state index is -0.758. The summed E-state index contributed by atoms with van der Waals surface area (Å²) in [5.41, 5.74) is 8.92. The number of piperidine rings is 1. The van der Waals surface area contributed by atoms with Gasteiger partial charge < -0.3 is 20.1 Å². The lowest BCUT2D eigenvalue weighted by atomic mass is 9.72. The van der Waals surface area contributed by atoms with Crippen molar-refractivity contribution < 1.29 is 9.47 Å². The molecule has 2 aliphatic rings. The predicted octanol–water partition coefficient (Wildman–Crippen LogP) is 2.49. The van der Waals surface area contributed by atoms with Crippen molar-refractivity contribution in [2.75, 3.05) is 26.7 Å². The molecule has 5 nitrogen and oxygen atoms in total. The maximum atomic E-state index is 9.70. The highest BCUT2D eigenvalue weighted by molar-refractivity contribution is 5.42. The van der Waals surface area contributed by atoms with Crippen molar-refractivity contribution in [2.24, 2.45) is 11.7 Å². The van der Waals surface area contributed by atoms with Gasteiger partial charge >= 0.3 is 0 Å². The molecule has 5 heteroatoms. The van der Waals surface area contributed by atoms with Crippen molar-refractivity contribution in [2.45, 2.75) is 32.0 Å². The molecule has 0 unspecified atom stereocenters. The average Bonchev–Trinajstić information content (AvgIpc) is 2.61. The summed E-state index contributed by atoms with van der Waals surface area (Å²) in [7, 11) is 1.67. The summed E-state index contributed by atoms with van der Waals surface area (Å²) in [6, 6.07) is 10.6. The number of nitrogens with two attached hydrogens (primary N) is 1. The number of rotatable bonds is 3. The van der Waals surface area contributed by atoms with E-state index in [9.17, 15) is 5.26 Å². The molecule has 24 heavy (non-hydrogen) atoms. The Bertz CT molecular complexity index is 677. The number of likely N-dealkylation sites (tertiary alicyclic amines) is 1. The van der Waals surface area contributed by atoms with E-state index < -0.39 is 5.79 Å². The third-order valence-corrected chi connectivity index (χ3v) is 5.41. The Morgan fingerprint density at radius 2 is 2.12 bits per heavy atom. The first kappa shape index (κ1) is 16.8. The van der Waals surface area contributed by atoms with Gasteiger partial charge in [-0.1, -0.05) is 36.8 Å². The molecule has 3 rings (SSSR count). The van der Waals surface area contributed by atoms with Crippen molar-refractivity contribution >= 4 is 0 Å². The topological polar surface area (TPSA) is 71.5 Å². The molecular formula is C19H25N3O2. The van der Waals surface area contributed by atoms with Gasteiger partial charge in [-0.05, 0) is 19.0 Å². The van der Waals surface area contributed by atoms with Crippen molar-refractivity contribution in [3.8, 4) is 6.07 Å². The summed E-state index contributed by atoms with van der Waals surface area (Å²) < 4.78 is 11.8. The average molecular weight is 327 g/mol. The fourth-order valence-corrected chi connectivity index (χ4v) is 3.97. The van der Waals surface area contributed by atoms with Gasteiger partial charge in [-0.25, -0.2) is 0 Å². The van der Waals surface area contributed by atoms with E-state index in [1.807, 2.05) is 0 Å². The second-order valence-electron chi connectivity index (χ2n) is 6.65. The van der Waals surface area contributed by atoms with Crippen molar-refractivity contribution in [1.29, 1.82) is 5.26 Å². The number of allylic oxidation sites excluding steroid dienone is 1. The van der Waals surface area contributed by atoms with E-state index in [1.165, 1.54) is 5.56 Å². The Hall–Kier alpha value is -2.03. The van der Waals surface area contributed by atoms with Crippen LogP contribution < -0.4 is 5.73 Å². The molecule has 2 aliphatic heterocycles. The largest absolute Gasteiger partial charge is 0.446 e. The zero-order chi connectivity index (χ0) is 17.3. The molecule has 1 saturated heterocycles. The number of nitriles is 1. The van der Waals surface area contributed by atoms with Gasteiger partial charge in [0.05, 0.1) is 5.57 Å². The summed E-state index contributed by atoms with van der Waals surface area (Å²) in [6.45, 7) is 6.90. The third kappa shape index (κ3) is 2.66. The summed E-state index contributed by atoms with van der Waals surface area (Å²) >= 11 is 0. The highest BCUT2D eigenvalue weighted by atomic mass is 16.7. The number of ether oxygens (including phenoxy) is 2. The van der Waals surface area contributed by atoms with Gasteiger partial charge in [0.2, 0.25) is 11.7 Å². The first-order chi connectivity index (χ1) is 11.5. The van der Waals surface area contributed by atoms with Gasteiger partial charge in [0.15, 0.2) is 0 Å². The van der Waals surface area contributed by atoms with Crippen LogP contribution in [0.3, 0.4) is 0 Å². The highest BCUT2D eigenvalue weighted by Crippen LogP contribution is 2.49. The standard InChI is InChI=1S/C19H25N3O2/c1-4-22-10-9-19(23-3)16(12-22)17(15(11-20)18(21)24-19)14-7-5-13(2)6-8-14/h5-8,16-17H,4,9-10,12,21H2,1-3H3/t16-,17+,19+/m0/s1. The first-order valence-electron chi connectivity index (χ1n) is 8.47. The molecule has 0 radical (unpaired) electrons. The quantitative estimate of drug-likeness (QED) is 0.923. The summed E-state index contributed by atoms with van der Waals surface area (Å²) in [5.74, 6) is -0.642. The number of fused-ring (bicyclic) bond motifs is 1. The monoisotopic (exact) mass is 327 g/mol. The maximum Gasteiger partial charge on any atom is 0.218 e. The normalized spacial score (nSPS) is 30.4. The Balaban J connectivity index is 2.11. The van der Waals surface area contributed by atoms with Crippen LogP contribution in [-0.2, 0) is 9.47 Å². The summed E-state index contributed by atoms with van der Waals surface area (Å²) in [5, 5.41) is 9.70. The van der Waals surface area contributed by atoms with Gasteiger partial charge in [0.25, 0.3) is 0 Å². The van der Waals surface area contributed by atoms with Crippen LogP contribution in [0.25, 0.3) is 0 Å². The fraction of sp³-hybridized carbons (Fsp3) is 0.526. The molecule has 1 fully saturated rings. The lowest BCUT2D eigenvalue weighted by molar-refractivity contribution is -0.265. The van der Waals surface area contributed by atoms with Gasteiger partial charge in [-0.15, -0.1) is 0 Å². The van der Waals surface area contributed by atoms with E-state index in [4.69, 9.17) is 15.2 Å². The number of hydrogen-bond acceptors (Lipinski definition) is 5. The van der Waals surface area contributed by atoms with E-state index in [0.717, 1.165) is 31.6 Å². The number of hydrogen-bond donors (Lipinski definition) is 1. The molecule has 0 saturated carbocycles. The van der Waals surface area contributed by atoms with E-state index in [2.05, 4.69) is 49.1 Å². The van der Waals surface area contributed by atoms with Crippen LogP contribution in [0.2, 0.25) is 0 Å². The van der Waals surface area contributed by atoms with E-state index in [-0.39, 0.29) is 17.7 Å². The Morgan fingerprint density at radius 1 is 1.42 bits per heavy atom. The van der Waals surface area contributed by atoms with E-state index in [1.54, 1.807) is 7.11 Å². The van der Waals surface area contributed by atoms with E-state index in [0.29, 0.717) is 5.57 Å². The van der Waals surface area contributed by atoms with Gasteiger partial charge in [-0.2, -0.15) is 5.26 Å². The fourth-order valence-electron chi connectivity index (χ4n) is 3.97. The molecule has 0 amide bonds. The second kappa shape index (κ2) is 6.46. The van der Waals surface area contributed by atoms with Crippen molar-refractivity contribution in [1.82, 2.24) is 4.90 Å². The lowest BCUT2D eigenvalue weighted by Gasteiger charge is -2.51. The molecule has 0 bridgehead atoms. The molecule has 1 aromatic rings. The van der Waals surface area contributed by atoms with Crippen molar-refractivity contribution in [3.63, 3.8) is 0 Å². The smallest absolute Gasteiger partial charge is 0.218 e. The minimum absolute atomic E-state index is 0.0286. The van der Waals surface area contributed by atoms with Gasteiger partial charge in [0, 0.05) is 38.5 Å². The van der Waals surface area contributed by atoms with Crippen LogP contribution in [0.5, 0.6) is 0 Å². The number of nitrogens with zero attached hydrogens (tertiary/aromatic N) is 2. The van der Waals surface area contributed by atoms with Crippen LogP contribution in [0.1, 0.15) is 30.4 Å². The zero-order valence-electron chi connectivity index (χ0n) is 14.6. The van der Waals surface area contributed by atoms with Crippen LogP contribution >= 0.6 is 0 Å². The van der Waals surface area contributed by atoms with Gasteiger partial charge in [-0.3, -0.25) is 0 Å². The summed E-state index contributed by atoms with van der Waals surface area (Å²) in [4.78, 5) is 2.38. The Kier molecular flexibility index (Phi) is 4.53. The molecular weight excluding hydrogens is 302 g/mol. The van der Waals surface area contributed by atoms with Crippen molar-refractivity contribution in [3.05, 3.63) is 46.8 Å². The SMILES string of the molecule is CCN1CC[C@@]2(OC)OC(N)=C(C#N)[C@@H](c3ccc(C)cc3)[C@@H]2C1. The summed E-state index contributed by atoms with van der Waals surface area (Å²) in [6.07, 6.45) is 0.740.